The molecule has 0 aliphatic carbocycles. The molecule has 6 aromatic carbocycles. The molecular formula is C67H77ClN12O9. The van der Waals surface area contributed by atoms with Crippen molar-refractivity contribution in [2.75, 3.05) is 35.6 Å². The number of fused-ring (bicyclic) bond motifs is 3. The minimum Gasteiger partial charge on any atom is -0.508 e. The van der Waals surface area contributed by atoms with Crippen molar-refractivity contribution >= 4 is 97.2 Å². The Kier molecular flexibility index (Phi) is 22.3. The van der Waals surface area contributed by atoms with Crippen LogP contribution in [0.5, 0.6) is 17.2 Å². The normalized spacial score (nSPS) is 13.8. The largest absolute Gasteiger partial charge is 0.508 e. The Bertz CT molecular complexity index is 3540. The number of hydrogen-bond donors (Lipinski definition) is 15. The lowest BCUT2D eigenvalue weighted by atomic mass is 9.84. The lowest BCUT2D eigenvalue weighted by Gasteiger charge is -2.24. The number of carbonyl (C=O) groups is 6. The molecule has 466 valence electrons. The first-order valence-electron chi connectivity index (χ1n) is 29.5. The molecule has 0 aliphatic rings. The summed E-state index contributed by atoms with van der Waals surface area (Å²) in [6.07, 6.45) is 7.28. The summed E-state index contributed by atoms with van der Waals surface area (Å²) < 4.78 is 0. The van der Waals surface area contributed by atoms with Crippen molar-refractivity contribution in [3.8, 4) is 17.2 Å². The number of Topliss-reactive ketones (excluding diaryl/α,β-unsaturated/α-hetero) is 3. The fourth-order valence-corrected chi connectivity index (χ4v) is 11.6. The molecule has 21 nitrogen and oxygen atoms in total. The van der Waals surface area contributed by atoms with E-state index in [1.807, 2.05) is 36.4 Å². The van der Waals surface area contributed by atoms with Crippen molar-refractivity contribution < 1.29 is 44.1 Å². The molecule has 0 saturated carbocycles. The number of nitrogens with one attached hydrogen (secondary N) is 6. The molecule has 3 aromatic heterocycles. The minimum atomic E-state index is -1.22. The van der Waals surface area contributed by atoms with Gasteiger partial charge in [-0.3, -0.25) is 28.8 Å². The number of anilines is 3. The van der Waals surface area contributed by atoms with E-state index in [4.69, 9.17) is 34.4 Å². The maximum atomic E-state index is 13.9. The molecule has 0 aliphatic heterocycles. The van der Waals surface area contributed by atoms with Crippen LogP contribution in [-0.2, 0) is 48.0 Å². The van der Waals surface area contributed by atoms with E-state index in [2.05, 4.69) is 30.9 Å². The van der Waals surface area contributed by atoms with Crippen LogP contribution in [0, 0.1) is 17.8 Å². The second kappa shape index (κ2) is 30.1. The topological polar surface area (TPSA) is 403 Å². The zero-order chi connectivity index (χ0) is 62.6. The Hall–Kier alpha value is -9.19. The van der Waals surface area contributed by atoms with Crippen LogP contribution in [0.4, 0.5) is 17.1 Å². The summed E-state index contributed by atoms with van der Waals surface area (Å²) in [6.45, 7) is 0.872. The van der Waals surface area contributed by atoms with E-state index in [-0.39, 0.29) is 85.5 Å². The zero-order valence-corrected chi connectivity index (χ0v) is 49.9. The number of rotatable bonds is 30. The third-order valence-electron chi connectivity index (χ3n) is 16.5. The molecule has 22 heteroatoms. The number of aromatic hydroxyl groups is 3. The summed E-state index contributed by atoms with van der Waals surface area (Å²) in [7, 11) is 0. The van der Waals surface area contributed by atoms with E-state index in [9.17, 15) is 44.1 Å². The Morgan fingerprint density at radius 3 is 0.899 bits per heavy atom. The lowest BCUT2D eigenvalue weighted by molar-refractivity contribution is -0.128. The number of hydrogen-bond acceptors (Lipinski definition) is 15. The van der Waals surface area contributed by atoms with Crippen molar-refractivity contribution in [3.63, 3.8) is 0 Å². The standard InChI is InChI=1S/C67H76N12O9.ClH/c68-25-1-4-49(58(83)28-40-34-74-55-22-19-46(80)31-52(40)55)62(71)65(86)77-43-13-7-37(8-14-43)61(38-9-15-44(16-10-38)78-66(87)63(72)50(5-2-26-69)59(84)29-41-35-75-56-23-20-47(81)32-53(41)56)39-11-17-45(18-12-39)79-67(88)64(73)51(6-3-27-70)60(85)30-42-36-76-57-24-21-48(82)33-54(42)57;/h7-24,31-36,49-51,61-64,74-76,80-82H,1-6,25-30,68-73H2,(H,77,86)(H,78,87)(H,79,88);1H/t49?,50?,51?,61?,62-,63-,64-;/m0./s1. The van der Waals surface area contributed by atoms with Crippen molar-refractivity contribution in [3.05, 3.63) is 179 Å². The molecule has 3 amide bonds. The smallest absolute Gasteiger partial charge is 0.242 e. The maximum Gasteiger partial charge on any atom is 0.242 e. The number of H-pyrrole nitrogens is 3. The first kappa shape index (κ1) is 65.8. The van der Waals surface area contributed by atoms with Gasteiger partial charge in [0.15, 0.2) is 0 Å². The van der Waals surface area contributed by atoms with Crippen LogP contribution in [-0.4, -0.2) is 103 Å². The molecule has 0 bridgehead atoms. The molecule has 9 aromatic rings. The highest BCUT2D eigenvalue weighted by molar-refractivity contribution is 6.02. The number of carbonyl (C=O) groups excluding carboxylic acids is 6. The molecule has 0 saturated heterocycles. The minimum absolute atomic E-state index is 0. The average molecular weight is 1230 g/mol. The Balaban J connectivity index is 0.0000102. The van der Waals surface area contributed by atoms with Crippen molar-refractivity contribution in [2.45, 2.75) is 81.8 Å². The predicted molar refractivity (Wildman–Crippen MR) is 349 cm³/mol. The Labute approximate surface area is 520 Å². The van der Waals surface area contributed by atoms with Gasteiger partial charge in [0.25, 0.3) is 0 Å². The number of phenolic OH excluding ortho intramolecular Hbond substituents is 3. The Morgan fingerprint density at radius 2 is 0.652 bits per heavy atom. The molecule has 0 fully saturated rings. The molecule has 0 spiro atoms. The molecule has 9 rings (SSSR count). The van der Waals surface area contributed by atoms with Crippen LogP contribution in [0.2, 0.25) is 0 Å². The zero-order valence-electron chi connectivity index (χ0n) is 49.0. The first-order chi connectivity index (χ1) is 42.4. The summed E-state index contributed by atoms with van der Waals surface area (Å²) in [5.41, 5.74) is 45.2. The van der Waals surface area contributed by atoms with Crippen LogP contribution >= 0.6 is 12.4 Å². The summed E-state index contributed by atoms with van der Waals surface area (Å²) in [5, 5.41) is 41.2. The third-order valence-corrected chi connectivity index (χ3v) is 16.5. The highest BCUT2D eigenvalue weighted by atomic mass is 35.5. The average Bonchev–Trinajstić information content (AvgIpc) is 3.37. The summed E-state index contributed by atoms with van der Waals surface area (Å²) >= 11 is 0. The second-order valence-electron chi connectivity index (χ2n) is 22.5. The fraction of sp³-hybridized carbons (Fsp3) is 0.284. The van der Waals surface area contributed by atoms with Crippen LogP contribution < -0.4 is 50.4 Å². The van der Waals surface area contributed by atoms with E-state index >= 15 is 0 Å². The lowest BCUT2D eigenvalue weighted by Crippen LogP contribution is -2.45. The van der Waals surface area contributed by atoms with Gasteiger partial charge < -0.3 is 80.6 Å². The van der Waals surface area contributed by atoms with E-state index < -0.39 is 59.5 Å². The highest BCUT2D eigenvalue weighted by Crippen LogP contribution is 2.35. The van der Waals surface area contributed by atoms with Gasteiger partial charge >= 0.3 is 0 Å². The summed E-state index contributed by atoms with van der Waals surface area (Å²) in [6, 6.07) is 32.3. The van der Waals surface area contributed by atoms with Gasteiger partial charge in [0, 0.05) is 111 Å². The van der Waals surface area contributed by atoms with Gasteiger partial charge in [-0.15, -0.1) is 12.4 Å². The van der Waals surface area contributed by atoms with Crippen LogP contribution in [0.3, 0.4) is 0 Å². The number of phenols is 3. The third kappa shape index (κ3) is 15.9. The van der Waals surface area contributed by atoms with Gasteiger partial charge in [0.1, 0.15) is 34.6 Å². The highest BCUT2D eigenvalue weighted by Gasteiger charge is 2.34. The van der Waals surface area contributed by atoms with Crippen LogP contribution in [0.1, 0.15) is 77.8 Å². The predicted octanol–water partition coefficient (Wildman–Crippen LogP) is 7.15. The van der Waals surface area contributed by atoms with Gasteiger partial charge in [-0.25, -0.2) is 0 Å². The summed E-state index contributed by atoms with van der Waals surface area (Å²) in [5.74, 6) is -5.33. The number of aromatic nitrogens is 3. The second-order valence-corrected chi connectivity index (χ2v) is 22.5. The molecule has 89 heavy (non-hydrogen) atoms. The van der Waals surface area contributed by atoms with Crippen molar-refractivity contribution in [1.29, 1.82) is 0 Å². The quantitative estimate of drug-likeness (QED) is 0.0199. The molecule has 0 radical (unpaired) electrons. The van der Waals surface area contributed by atoms with Crippen LogP contribution in [0.25, 0.3) is 32.7 Å². The monoisotopic (exact) mass is 1230 g/mol. The summed E-state index contributed by atoms with van der Waals surface area (Å²) in [4.78, 5) is 92.9. The molecular weight excluding hydrogens is 1150 g/mol. The fourth-order valence-electron chi connectivity index (χ4n) is 11.6. The molecule has 21 N–H and O–H groups in total. The Morgan fingerprint density at radius 1 is 0.393 bits per heavy atom. The molecule has 3 heterocycles. The molecule has 3 unspecified atom stereocenters. The van der Waals surface area contributed by atoms with E-state index in [1.54, 1.807) is 110 Å². The SMILES string of the molecule is Cl.NCCCC(C(=O)Cc1c[nH]c2ccc(O)cc12)[C@H](N)C(=O)Nc1ccc(C(c2ccc(NC(=O)[C@@H](N)C(CCCN)C(=O)Cc3c[nH]c4ccc(O)cc34)cc2)c2ccc(NC(=O)[C@@H](N)C(CCCN)C(=O)Cc3c[nH]c4ccc(O)cc34)cc2)cc1. The number of amides is 3. The van der Waals surface area contributed by atoms with E-state index in [1.165, 1.54) is 0 Å². The van der Waals surface area contributed by atoms with Crippen molar-refractivity contribution in [1.82, 2.24) is 15.0 Å². The van der Waals surface area contributed by atoms with E-state index in [0.717, 1.165) is 33.2 Å². The number of nitrogens with two attached hydrogens (primary N) is 6. The van der Waals surface area contributed by atoms with Gasteiger partial charge in [-0.2, -0.15) is 0 Å². The first-order valence-corrected chi connectivity index (χ1v) is 29.5. The van der Waals surface area contributed by atoms with Crippen LogP contribution in [0.15, 0.2) is 146 Å². The van der Waals surface area contributed by atoms with Gasteiger partial charge in [-0.1, -0.05) is 36.4 Å². The van der Waals surface area contributed by atoms with Gasteiger partial charge in [-0.05, 0) is 183 Å². The number of benzene rings is 6. The van der Waals surface area contributed by atoms with Gasteiger partial charge in [0.05, 0.1) is 18.1 Å². The maximum absolute atomic E-state index is 13.9. The number of aromatic amines is 3. The number of ketones is 3. The molecule has 6 atom stereocenters. The van der Waals surface area contributed by atoms with Gasteiger partial charge in [0.2, 0.25) is 17.7 Å². The number of halogens is 1. The van der Waals surface area contributed by atoms with Crippen molar-refractivity contribution in [2.24, 2.45) is 52.2 Å². The van der Waals surface area contributed by atoms with E-state index in [0.29, 0.717) is 88.8 Å².